The van der Waals surface area contributed by atoms with Crippen LogP contribution in [0.25, 0.3) is 20.7 Å². The number of thiophene rings is 1. The SMILES string of the molecule is C=CCn1c(SCC(=O)Nc2cc([N+](=O)[O-])ccc2F)nc2cc(-c3ccccc3)sc2c1=O. The number of hydrogen-bond acceptors (Lipinski definition) is 7. The molecule has 1 N–H and O–H groups in total. The van der Waals surface area contributed by atoms with Crippen LogP contribution in [-0.2, 0) is 11.3 Å². The zero-order valence-corrected chi connectivity index (χ0v) is 19.2. The van der Waals surface area contributed by atoms with E-state index in [1.54, 1.807) is 6.08 Å². The lowest BCUT2D eigenvalue weighted by Gasteiger charge is -2.10. The number of thioether (sulfide) groups is 1. The molecule has 0 saturated heterocycles. The number of halogens is 1. The van der Waals surface area contributed by atoms with E-state index in [2.05, 4.69) is 16.9 Å². The van der Waals surface area contributed by atoms with Gasteiger partial charge >= 0.3 is 0 Å². The van der Waals surface area contributed by atoms with Crippen molar-refractivity contribution in [2.24, 2.45) is 0 Å². The second kappa shape index (κ2) is 9.98. The zero-order valence-electron chi connectivity index (χ0n) is 17.6. The summed E-state index contributed by atoms with van der Waals surface area (Å²) in [5.41, 5.74) is 0.597. The highest BCUT2D eigenvalue weighted by atomic mass is 32.2. The minimum atomic E-state index is -0.793. The number of hydrogen-bond donors (Lipinski definition) is 1. The standard InChI is InChI=1S/C23H17FN4O4S2/c1-2-10-27-22(30)21-18(12-19(34-21)14-6-4-3-5-7-14)26-23(27)33-13-20(29)25-17-11-15(28(31)32)8-9-16(17)24/h2-9,11-12H,1,10,13H2,(H,25,29). The topological polar surface area (TPSA) is 107 Å². The Balaban J connectivity index is 1.60. The van der Waals surface area contributed by atoms with Crippen LogP contribution in [0.3, 0.4) is 0 Å². The number of carbonyl (C=O) groups is 1. The predicted octanol–water partition coefficient (Wildman–Crippen LogP) is 5.09. The van der Waals surface area contributed by atoms with E-state index in [0.717, 1.165) is 40.4 Å². The highest BCUT2D eigenvalue weighted by Crippen LogP contribution is 2.32. The maximum absolute atomic E-state index is 14.0. The Labute approximate surface area is 200 Å². The molecule has 0 bridgehead atoms. The predicted molar refractivity (Wildman–Crippen MR) is 132 cm³/mol. The number of amides is 1. The number of rotatable bonds is 8. The number of fused-ring (bicyclic) bond motifs is 1. The molecule has 0 aliphatic rings. The third kappa shape index (κ3) is 4.90. The van der Waals surface area contributed by atoms with Gasteiger partial charge in [0, 0.05) is 23.6 Å². The molecule has 2 aromatic heterocycles. The smallest absolute Gasteiger partial charge is 0.272 e. The van der Waals surface area contributed by atoms with Gasteiger partial charge in [-0.1, -0.05) is 48.2 Å². The molecular weight excluding hydrogens is 479 g/mol. The number of nitrogens with one attached hydrogen (secondary N) is 1. The molecule has 4 rings (SSSR count). The van der Waals surface area contributed by atoms with Crippen LogP contribution in [0.1, 0.15) is 0 Å². The Hall–Kier alpha value is -3.83. The number of nitrogens with zero attached hydrogens (tertiary/aromatic N) is 3. The first-order valence-electron chi connectivity index (χ1n) is 9.94. The monoisotopic (exact) mass is 496 g/mol. The molecule has 8 nitrogen and oxygen atoms in total. The molecule has 1 amide bonds. The first-order chi connectivity index (χ1) is 16.4. The maximum atomic E-state index is 14.0. The molecule has 0 atom stereocenters. The third-order valence-electron chi connectivity index (χ3n) is 4.74. The van der Waals surface area contributed by atoms with Gasteiger partial charge in [-0.3, -0.25) is 24.3 Å². The number of nitro groups is 1. The summed E-state index contributed by atoms with van der Waals surface area (Å²) >= 11 is 2.35. The first-order valence-corrected chi connectivity index (χ1v) is 11.7. The average molecular weight is 497 g/mol. The summed E-state index contributed by atoms with van der Waals surface area (Å²) in [6.07, 6.45) is 1.56. The molecule has 34 heavy (non-hydrogen) atoms. The molecule has 0 unspecified atom stereocenters. The number of nitro benzene ring substituents is 1. The lowest BCUT2D eigenvalue weighted by molar-refractivity contribution is -0.384. The van der Waals surface area contributed by atoms with Crippen molar-refractivity contribution in [1.82, 2.24) is 9.55 Å². The van der Waals surface area contributed by atoms with Gasteiger partial charge in [0.1, 0.15) is 10.5 Å². The van der Waals surface area contributed by atoms with Crippen LogP contribution in [0.4, 0.5) is 15.8 Å². The Bertz CT molecular complexity index is 1470. The molecule has 172 valence electrons. The largest absolute Gasteiger partial charge is 0.323 e. The van der Waals surface area contributed by atoms with E-state index >= 15 is 0 Å². The van der Waals surface area contributed by atoms with Crippen molar-refractivity contribution >= 4 is 50.6 Å². The highest BCUT2D eigenvalue weighted by Gasteiger charge is 2.17. The Kier molecular flexibility index (Phi) is 6.85. The Morgan fingerprint density at radius 2 is 2.03 bits per heavy atom. The van der Waals surface area contributed by atoms with E-state index in [1.807, 2.05) is 36.4 Å². The summed E-state index contributed by atoms with van der Waals surface area (Å²) in [7, 11) is 0. The molecule has 0 saturated carbocycles. The quantitative estimate of drug-likeness (QED) is 0.120. The fourth-order valence-electron chi connectivity index (χ4n) is 3.17. The fourth-order valence-corrected chi connectivity index (χ4v) is 5.03. The van der Waals surface area contributed by atoms with Gasteiger partial charge in [0.05, 0.1) is 21.9 Å². The molecular formula is C23H17FN4O4S2. The number of benzene rings is 2. The van der Waals surface area contributed by atoms with Crippen molar-refractivity contribution in [1.29, 1.82) is 0 Å². The molecule has 0 spiro atoms. The van der Waals surface area contributed by atoms with Crippen LogP contribution in [0.15, 0.2) is 77.2 Å². The molecule has 0 fully saturated rings. The van der Waals surface area contributed by atoms with Crippen LogP contribution in [0.5, 0.6) is 0 Å². The molecule has 4 aromatic rings. The normalized spacial score (nSPS) is 10.9. The van der Waals surface area contributed by atoms with E-state index in [9.17, 15) is 24.1 Å². The molecule has 0 aliphatic heterocycles. The number of carbonyl (C=O) groups excluding carboxylic acids is 1. The van der Waals surface area contributed by atoms with E-state index < -0.39 is 16.6 Å². The summed E-state index contributed by atoms with van der Waals surface area (Å²) < 4.78 is 15.9. The Morgan fingerprint density at radius 1 is 1.26 bits per heavy atom. The van der Waals surface area contributed by atoms with Crippen molar-refractivity contribution in [3.05, 3.63) is 93.5 Å². The minimum Gasteiger partial charge on any atom is -0.323 e. The fraction of sp³-hybridized carbons (Fsp3) is 0.0870. The maximum Gasteiger partial charge on any atom is 0.272 e. The summed E-state index contributed by atoms with van der Waals surface area (Å²) in [6.45, 7) is 3.88. The first kappa shape index (κ1) is 23.3. The van der Waals surface area contributed by atoms with Gasteiger partial charge < -0.3 is 5.32 Å². The number of non-ortho nitro benzene ring substituents is 1. The summed E-state index contributed by atoms with van der Waals surface area (Å²) in [4.78, 5) is 41.3. The van der Waals surface area contributed by atoms with Crippen molar-refractivity contribution in [2.75, 3.05) is 11.1 Å². The Morgan fingerprint density at radius 3 is 2.74 bits per heavy atom. The number of anilines is 1. The second-order valence-corrected chi connectivity index (χ2v) is 9.04. The number of aromatic nitrogens is 2. The average Bonchev–Trinajstić information content (AvgIpc) is 3.26. The van der Waals surface area contributed by atoms with Gasteiger partial charge in [-0.15, -0.1) is 17.9 Å². The van der Waals surface area contributed by atoms with Gasteiger partial charge in [-0.25, -0.2) is 9.37 Å². The molecule has 0 aliphatic carbocycles. The number of allylic oxidation sites excluding steroid dienone is 1. The van der Waals surface area contributed by atoms with Crippen LogP contribution < -0.4 is 10.9 Å². The van der Waals surface area contributed by atoms with Crippen molar-refractivity contribution in [2.45, 2.75) is 11.7 Å². The lowest BCUT2D eigenvalue weighted by atomic mass is 10.2. The summed E-state index contributed by atoms with van der Waals surface area (Å²) in [5, 5.41) is 13.6. The molecule has 11 heteroatoms. The summed E-state index contributed by atoms with van der Waals surface area (Å²) in [5.74, 6) is -1.58. The van der Waals surface area contributed by atoms with Gasteiger partial charge in [0.25, 0.3) is 11.2 Å². The van der Waals surface area contributed by atoms with Gasteiger partial charge in [-0.2, -0.15) is 0 Å². The minimum absolute atomic E-state index is 0.188. The molecule has 0 radical (unpaired) electrons. The molecule has 2 aromatic carbocycles. The van der Waals surface area contributed by atoms with Crippen LogP contribution >= 0.6 is 23.1 Å². The van der Waals surface area contributed by atoms with Crippen LogP contribution in [0.2, 0.25) is 0 Å². The summed E-state index contributed by atoms with van der Waals surface area (Å²) in [6, 6.07) is 14.3. The zero-order chi connectivity index (χ0) is 24.2. The van der Waals surface area contributed by atoms with Crippen molar-refractivity contribution < 1.29 is 14.1 Å². The van der Waals surface area contributed by atoms with Crippen molar-refractivity contribution in [3.63, 3.8) is 0 Å². The van der Waals surface area contributed by atoms with E-state index in [0.29, 0.717) is 15.4 Å². The second-order valence-electron chi connectivity index (χ2n) is 7.05. The third-order valence-corrected chi connectivity index (χ3v) is 6.87. The van der Waals surface area contributed by atoms with Crippen molar-refractivity contribution in [3.8, 4) is 10.4 Å². The van der Waals surface area contributed by atoms with Gasteiger partial charge in [-0.05, 0) is 17.7 Å². The van der Waals surface area contributed by atoms with E-state index in [4.69, 9.17) is 0 Å². The highest BCUT2D eigenvalue weighted by molar-refractivity contribution is 7.99. The van der Waals surface area contributed by atoms with E-state index in [1.165, 1.54) is 15.9 Å². The van der Waals surface area contributed by atoms with Crippen LogP contribution in [0, 0.1) is 15.9 Å². The van der Waals surface area contributed by atoms with Crippen LogP contribution in [-0.4, -0.2) is 26.1 Å². The molecule has 2 heterocycles. The van der Waals surface area contributed by atoms with Gasteiger partial charge in [0.15, 0.2) is 5.16 Å². The lowest BCUT2D eigenvalue weighted by Crippen LogP contribution is -2.23. The van der Waals surface area contributed by atoms with Gasteiger partial charge in [0.2, 0.25) is 5.91 Å². The van der Waals surface area contributed by atoms with E-state index in [-0.39, 0.29) is 29.2 Å².